The highest BCUT2D eigenvalue weighted by molar-refractivity contribution is 9.10. The average molecular weight is 353 g/mol. The zero-order valence-electron chi connectivity index (χ0n) is 11.2. The van der Waals surface area contributed by atoms with E-state index in [4.69, 9.17) is 10.6 Å². The Morgan fingerprint density at radius 2 is 2.19 bits per heavy atom. The number of rotatable bonds is 4. The summed E-state index contributed by atoms with van der Waals surface area (Å²) in [6.07, 6.45) is 0. The van der Waals surface area contributed by atoms with E-state index in [9.17, 15) is 9.59 Å². The van der Waals surface area contributed by atoms with Crippen LogP contribution in [0.3, 0.4) is 0 Å². The lowest BCUT2D eigenvalue weighted by Crippen LogP contribution is -2.30. The van der Waals surface area contributed by atoms with Crippen molar-refractivity contribution in [1.29, 1.82) is 0 Å². The maximum atomic E-state index is 11.8. The van der Waals surface area contributed by atoms with Crippen molar-refractivity contribution in [2.75, 3.05) is 7.11 Å². The number of nitrogens with zero attached hydrogens (tertiary/aromatic N) is 2. The van der Waals surface area contributed by atoms with Gasteiger partial charge in [0.05, 0.1) is 13.7 Å². The molecule has 7 nitrogen and oxygen atoms in total. The number of nitrogens with one attached hydrogen (secondary N) is 1. The molecule has 0 aliphatic carbocycles. The van der Waals surface area contributed by atoms with Crippen molar-refractivity contribution in [3.63, 3.8) is 0 Å². The molecular formula is C13H13BrN4O3. The number of amides is 1. The molecule has 1 aromatic carbocycles. The molecule has 0 aliphatic heterocycles. The first kappa shape index (κ1) is 15.2. The molecule has 1 heterocycles. The lowest BCUT2D eigenvalue weighted by Gasteiger charge is -2.09. The molecule has 2 rings (SSSR count). The fourth-order valence-electron chi connectivity index (χ4n) is 1.71. The molecule has 0 spiro atoms. The van der Waals surface area contributed by atoms with Gasteiger partial charge in [-0.2, -0.15) is 0 Å². The summed E-state index contributed by atoms with van der Waals surface area (Å²) < 4.78 is 6.95. The molecule has 0 fully saturated rings. The smallest absolute Gasteiger partial charge is 0.267 e. The molecule has 1 aromatic heterocycles. The Hall–Kier alpha value is -2.19. The number of hydrogen-bond donors (Lipinski definition) is 2. The third-order valence-electron chi connectivity index (χ3n) is 2.82. The van der Waals surface area contributed by atoms with Gasteiger partial charge in [0.25, 0.3) is 11.5 Å². The van der Waals surface area contributed by atoms with Crippen LogP contribution in [-0.4, -0.2) is 22.8 Å². The molecule has 0 radical (unpaired) electrons. The molecule has 0 saturated heterocycles. The number of benzene rings is 1. The first-order valence-corrected chi connectivity index (χ1v) is 6.76. The zero-order chi connectivity index (χ0) is 15.4. The van der Waals surface area contributed by atoms with Gasteiger partial charge >= 0.3 is 0 Å². The molecule has 0 atom stereocenters. The fraction of sp³-hybridized carbons (Fsp3) is 0.154. The van der Waals surface area contributed by atoms with Crippen LogP contribution in [0.25, 0.3) is 0 Å². The predicted octanol–water partition coefficient (Wildman–Crippen LogP) is 0.666. The third kappa shape index (κ3) is 3.47. The molecule has 0 aliphatic rings. The van der Waals surface area contributed by atoms with Gasteiger partial charge < -0.3 is 4.74 Å². The minimum Gasteiger partial charge on any atom is -0.480 e. The molecule has 1 amide bonds. The monoisotopic (exact) mass is 352 g/mol. The molecule has 8 heteroatoms. The highest BCUT2D eigenvalue weighted by Gasteiger charge is 2.09. The number of aromatic nitrogens is 2. The molecule has 3 N–H and O–H groups in total. The van der Waals surface area contributed by atoms with Crippen LogP contribution in [0.5, 0.6) is 5.88 Å². The van der Waals surface area contributed by atoms with Crippen molar-refractivity contribution in [3.05, 3.63) is 56.3 Å². The number of nitrogens with two attached hydrogens (primary N) is 1. The predicted molar refractivity (Wildman–Crippen MR) is 79.9 cm³/mol. The van der Waals surface area contributed by atoms with E-state index in [2.05, 4.69) is 26.5 Å². The number of halogens is 1. The summed E-state index contributed by atoms with van der Waals surface area (Å²) in [5.41, 5.74) is 3.03. The first-order chi connectivity index (χ1) is 10.0. The molecule has 21 heavy (non-hydrogen) atoms. The number of carbonyl (C=O) groups is 1. The lowest BCUT2D eigenvalue weighted by atomic mass is 10.1. The Labute approximate surface area is 128 Å². The second kappa shape index (κ2) is 6.51. The summed E-state index contributed by atoms with van der Waals surface area (Å²) >= 11 is 3.37. The molecule has 110 valence electrons. The summed E-state index contributed by atoms with van der Waals surface area (Å²) in [5, 5.41) is 4.06. The van der Waals surface area contributed by atoms with Crippen LogP contribution in [0.1, 0.15) is 15.9 Å². The first-order valence-electron chi connectivity index (χ1n) is 5.96. The number of nitrogen functional groups attached to an aromatic ring is 1. The second-order valence-electron chi connectivity index (χ2n) is 4.15. The summed E-state index contributed by atoms with van der Waals surface area (Å²) in [6.45, 7) is 0.251. The second-order valence-corrected chi connectivity index (χ2v) is 5.01. The van der Waals surface area contributed by atoms with Gasteiger partial charge in [0.15, 0.2) is 0 Å². The van der Waals surface area contributed by atoms with E-state index in [0.29, 0.717) is 15.9 Å². The SMILES string of the molecule is COc1ccc(=O)n(Cc2ccc(C(=O)NN)cc2Br)n1. The maximum absolute atomic E-state index is 11.8. The summed E-state index contributed by atoms with van der Waals surface area (Å²) in [5.74, 6) is 5.05. The fourth-order valence-corrected chi connectivity index (χ4v) is 2.22. The van der Waals surface area contributed by atoms with E-state index in [1.54, 1.807) is 18.2 Å². The van der Waals surface area contributed by atoms with Crippen LogP contribution >= 0.6 is 15.9 Å². The quantitative estimate of drug-likeness (QED) is 0.478. The van der Waals surface area contributed by atoms with E-state index in [-0.39, 0.29) is 18.0 Å². The lowest BCUT2D eigenvalue weighted by molar-refractivity contribution is 0.0953. The van der Waals surface area contributed by atoms with Crippen molar-refractivity contribution in [3.8, 4) is 5.88 Å². The number of carbonyl (C=O) groups excluding carboxylic acids is 1. The van der Waals surface area contributed by atoms with Crippen LogP contribution in [0.4, 0.5) is 0 Å². The standard InChI is InChI=1S/C13H13BrN4O3/c1-21-11-4-5-12(19)18(17-11)7-9-3-2-8(6-10(9)14)13(20)16-15/h2-6H,7,15H2,1H3,(H,16,20). The molecule has 0 unspecified atom stereocenters. The van der Waals surface area contributed by atoms with Crippen molar-refractivity contribution in [2.24, 2.45) is 5.84 Å². The van der Waals surface area contributed by atoms with Crippen molar-refractivity contribution in [1.82, 2.24) is 15.2 Å². The number of ether oxygens (including phenoxy) is 1. The van der Waals surface area contributed by atoms with Crippen molar-refractivity contribution in [2.45, 2.75) is 6.54 Å². The van der Waals surface area contributed by atoms with Crippen molar-refractivity contribution < 1.29 is 9.53 Å². The van der Waals surface area contributed by atoms with Gasteiger partial charge in [-0.15, -0.1) is 5.10 Å². The topological polar surface area (TPSA) is 99.2 Å². The summed E-state index contributed by atoms with van der Waals surface area (Å²) in [4.78, 5) is 23.2. The Bertz CT molecular complexity index is 730. The average Bonchev–Trinajstić information content (AvgIpc) is 2.50. The highest BCUT2D eigenvalue weighted by Crippen LogP contribution is 2.19. The number of hydrazine groups is 1. The molecule has 0 bridgehead atoms. The normalized spacial score (nSPS) is 10.2. The van der Waals surface area contributed by atoms with Gasteiger partial charge in [-0.3, -0.25) is 15.0 Å². The van der Waals surface area contributed by atoms with Crippen LogP contribution in [-0.2, 0) is 6.54 Å². The van der Waals surface area contributed by atoms with E-state index in [1.165, 1.54) is 23.9 Å². The van der Waals surface area contributed by atoms with Crippen LogP contribution in [0.15, 0.2) is 39.6 Å². The largest absolute Gasteiger partial charge is 0.480 e. The molecular weight excluding hydrogens is 340 g/mol. The summed E-state index contributed by atoms with van der Waals surface area (Å²) in [6, 6.07) is 7.86. The maximum Gasteiger partial charge on any atom is 0.267 e. The van der Waals surface area contributed by atoms with Gasteiger partial charge in [0, 0.05) is 22.2 Å². The summed E-state index contributed by atoms with van der Waals surface area (Å²) in [7, 11) is 1.48. The van der Waals surface area contributed by atoms with Crippen LogP contribution < -0.4 is 21.6 Å². The van der Waals surface area contributed by atoms with Crippen molar-refractivity contribution >= 4 is 21.8 Å². The molecule has 0 saturated carbocycles. The Morgan fingerprint density at radius 1 is 1.43 bits per heavy atom. The van der Waals surface area contributed by atoms with E-state index in [0.717, 1.165) is 5.56 Å². The Morgan fingerprint density at radius 3 is 2.81 bits per heavy atom. The van der Waals surface area contributed by atoms with Gasteiger partial charge in [-0.05, 0) is 17.7 Å². The van der Waals surface area contributed by atoms with Gasteiger partial charge in [0.1, 0.15) is 0 Å². The van der Waals surface area contributed by atoms with Gasteiger partial charge in [-0.25, -0.2) is 10.5 Å². The van der Waals surface area contributed by atoms with E-state index >= 15 is 0 Å². The number of methoxy groups -OCH3 is 1. The Kier molecular flexibility index (Phi) is 4.71. The van der Waals surface area contributed by atoms with Crippen LogP contribution in [0.2, 0.25) is 0 Å². The van der Waals surface area contributed by atoms with E-state index < -0.39 is 0 Å². The minimum atomic E-state index is -0.390. The van der Waals surface area contributed by atoms with Gasteiger partial charge in [-0.1, -0.05) is 22.0 Å². The van der Waals surface area contributed by atoms with Gasteiger partial charge in [0.2, 0.25) is 5.88 Å². The number of hydrogen-bond acceptors (Lipinski definition) is 5. The molecule has 2 aromatic rings. The third-order valence-corrected chi connectivity index (χ3v) is 3.56. The van der Waals surface area contributed by atoms with E-state index in [1.807, 2.05) is 0 Å². The minimum absolute atomic E-state index is 0.244. The van der Waals surface area contributed by atoms with Crippen LogP contribution in [0, 0.1) is 0 Å². The zero-order valence-corrected chi connectivity index (χ0v) is 12.8. The Balaban J connectivity index is 2.32. The highest BCUT2D eigenvalue weighted by atomic mass is 79.9.